The fourth-order valence-electron chi connectivity index (χ4n) is 4.28. The Morgan fingerprint density at radius 2 is 1.90 bits per heavy atom. The lowest BCUT2D eigenvalue weighted by Gasteiger charge is -2.20. The molecule has 200 valence electrons. The number of carbonyl (C=O) groups is 1. The molecule has 0 aliphatic carbocycles. The van der Waals surface area contributed by atoms with E-state index in [-0.39, 0.29) is 23.6 Å². The van der Waals surface area contributed by atoms with E-state index in [0.29, 0.717) is 50.7 Å². The van der Waals surface area contributed by atoms with Gasteiger partial charge in [0, 0.05) is 23.7 Å². The number of methoxy groups -OCH3 is 1. The predicted octanol–water partition coefficient (Wildman–Crippen LogP) is 6.11. The Morgan fingerprint density at radius 3 is 2.54 bits per heavy atom. The first-order chi connectivity index (χ1) is 18.8. The van der Waals surface area contributed by atoms with Crippen molar-refractivity contribution < 1.29 is 9.53 Å². The molecule has 0 radical (unpaired) electrons. The van der Waals surface area contributed by atoms with Crippen molar-refractivity contribution in [2.75, 3.05) is 12.4 Å². The smallest absolute Gasteiger partial charge is 0.270 e. The van der Waals surface area contributed by atoms with E-state index >= 15 is 0 Å². The number of nitrogens with zero attached hydrogens (tertiary/aromatic N) is 3. The molecule has 1 N–H and O–H groups in total. The number of nitriles is 1. The number of carbonyl (C=O) groups excluding carboxylic acids is 1. The van der Waals surface area contributed by atoms with Gasteiger partial charge in [-0.05, 0) is 54.3 Å². The number of thioether (sulfide) groups is 1. The molecule has 4 rings (SSSR count). The molecular formula is C29H27ClN4O3S2. The van der Waals surface area contributed by atoms with E-state index < -0.39 is 0 Å². The minimum atomic E-state index is -0.363. The minimum Gasteiger partial charge on any atom is -0.497 e. The van der Waals surface area contributed by atoms with Crippen LogP contribution in [0, 0.1) is 18.3 Å². The summed E-state index contributed by atoms with van der Waals surface area (Å²) in [5.41, 5.74) is 2.56. The molecule has 2 aromatic carbocycles. The first kappa shape index (κ1) is 28.4. The number of hydrogen-bond acceptors (Lipinski definition) is 7. The molecule has 1 aliphatic heterocycles. The highest BCUT2D eigenvalue weighted by Gasteiger charge is 2.33. The predicted molar refractivity (Wildman–Crippen MR) is 161 cm³/mol. The average molecular weight is 579 g/mol. The lowest BCUT2D eigenvalue weighted by atomic mass is 10.0. The number of rotatable bonds is 9. The van der Waals surface area contributed by atoms with Gasteiger partial charge < -0.3 is 10.1 Å². The number of pyridine rings is 1. The number of thiocarbonyl (C=S) groups is 1. The highest BCUT2D eigenvalue weighted by atomic mass is 35.5. The van der Waals surface area contributed by atoms with Crippen molar-refractivity contribution in [3.63, 3.8) is 0 Å². The first-order valence-corrected chi connectivity index (χ1v) is 13.9. The van der Waals surface area contributed by atoms with Crippen molar-refractivity contribution >= 4 is 57.7 Å². The Labute approximate surface area is 242 Å². The number of nitrogens with one attached hydrogen (secondary N) is 1. The molecule has 0 atom stereocenters. The maximum atomic E-state index is 13.5. The van der Waals surface area contributed by atoms with E-state index in [0.717, 1.165) is 16.9 Å². The molecule has 39 heavy (non-hydrogen) atoms. The topological polar surface area (TPSA) is 87.4 Å². The summed E-state index contributed by atoms with van der Waals surface area (Å²) >= 11 is 13.1. The molecule has 2 heterocycles. The Bertz CT molecular complexity index is 1560. The van der Waals surface area contributed by atoms with Crippen LogP contribution in [0.3, 0.4) is 0 Å². The van der Waals surface area contributed by atoms with Crippen molar-refractivity contribution in [1.29, 1.82) is 5.26 Å². The fraction of sp³-hybridized carbons (Fsp3) is 0.241. The summed E-state index contributed by atoms with van der Waals surface area (Å²) in [5, 5.41) is 13.8. The summed E-state index contributed by atoms with van der Waals surface area (Å²) in [6.45, 7) is 4.78. The molecule has 0 unspecified atom stereocenters. The number of anilines is 1. The van der Waals surface area contributed by atoms with Crippen LogP contribution in [0.15, 0.2) is 58.2 Å². The van der Waals surface area contributed by atoms with Crippen molar-refractivity contribution in [2.24, 2.45) is 0 Å². The van der Waals surface area contributed by atoms with Crippen LogP contribution in [0.5, 0.6) is 5.75 Å². The molecule has 1 amide bonds. The molecule has 0 spiro atoms. The van der Waals surface area contributed by atoms with E-state index in [1.54, 1.807) is 30.7 Å². The van der Waals surface area contributed by atoms with Crippen LogP contribution >= 0.6 is 35.6 Å². The van der Waals surface area contributed by atoms with Crippen LogP contribution in [0.2, 0.25) is 5.02 Å². The molecule has 0 bridgehead atoms. The molecule has 1 aliphatic rings. The third-order valence-corrected chi connectivity index (χ3v) is 8.12. The summed E-state index contributed by atoms with van der Waals surface area (Å²) in [5.74, 6) is 1.04. The zero-order valence-corrected chi connectivity index (χ0v) is 24.2. The molecule has 0 saturated carbocycles. The number of aromatic nitrogens is 1. The first-order valence-electron chi connectivity index (χ1n) is 12.3. The van der Waals surface area contributed by atoms with Crippen LogP contribution in [0.4, 0.5) is 5.82 Å². The number of halogens is 1. The second kappa shape index (κ2) is 12.5. The zero-order chi connectivity index (χ0) is 28.1. The molecule has 3 aromatic rings. The van der Waals surface area contributed by atoms with Crippen LogP contribution in [-0.2, 0) is 24.4 Å². The fourth-order valence-corrected chi connectivity index (χ4v) is 5.72. The molecule has 1 aromatic heterocycles. The molecule has 10 heteroatoms. The van der Waals surface area contributed by atoms with E-state index in [1.165, 1.54) is 16.7 Å². The zero-order valence-electron chi connectivity index (χ0n) is 21.8. The van der Waals surface area contributed by atoms with Crippen molar-refractivity contribution in [2.45, 2.75) is 39.9 Å². The molecule has 1 fully saturated rings. The SMILES string of the molecule is CCCn1c(NCc2ccc(OC)cc2)c(/C=C2/SC(=S)N(Cc3ccccc3Cl)C2=O)c(C)c(C#N)c1=O. The summed E-state index contributed by atoms with van der Waals surface area (Å²) < 4.78 is 7.24. The monoisotopic (exact) mass is 578 g/mol. The van der Waals surface area contributed by atoms with E-state index in [2.05, 4.69) is 11.4 Å². The maximum Gasteiger partial charge on any atom is 0.270 e. The lowest BCUT2D eigenvalue weighted by molar-refractivity contribution is -0.122. The van der Waals surface area contributed by atoms with Crippen LogP contribution < -0.4 is 15.6 Å². The van der Waals surface area contributed by atoms with E-state index in [1.807, 2.05) is 49.4 Å². The van der Waals surface area contributed by atoms with Gasteiger partial charge in [-0.15, -0.1) is 0 Å². The van der Waals surface area contributed by atoms with Gasteiger partial charge >= 0.3 is 0 Å². The van der Waals surface area contributed by atoms with Crippen molar-refractivity contribution in [1.82, 2.24) is 9.47 Å². The Balaban J connectivity index is 1.76. The Morgan fingerprint density at radius 1 is 1.18 bits per heavy atom. The number of benzene rings is 2. The van der Waals surface area contributed by atoms with Gasteiger partial charge in [0.25, 0.3) is 11.5 Å². The second-order valence-electron chi connectivity index (χ2n) is 8.89. The summed E-state index contributed by atoms with van der Waals surface area (Å²) in [6, 6.07) is 17.0. The minimum absolute atomic E-state index is 0.0521. The van der Waals surface area contributed by atoms with Crippen LogP contribution in [0.25, 0.3) is 6.08 Å². The molecule has 1 saturated heterocycles. The Hall–Kier alpha value is -3.58. The quantitative estimate of drug-likeness (QED) is 0.242. The van der Waals surface area contributed by atoms with Gasteiger partial charge in [0.05, 0.1) is 18.6 Å². The molecular weight excluding hydrogens is 552 g/mol. The van der Waals surface area contributed by atoms with E-state index in [4.69, 9.17) is 28.6 Å². The normalized spacial score (nSPS) is 14.1. The van der Waals surface area contributed by atoms with Gasteiger partial charge in [-0.2, -0.15) is 5.26 Å². The highest BCUT2D eigenvalue weighted by molar-refractivity contribution is 8.26. The summed E-state index contributed by atoms with van der Waals surface area (Å²) in [6.07, 6.45) is 2.41. The third kappa shape index (κ3) is 6.04. The van der Waals surface area contributed by atoms with Crippen LogP contribution in [-0.4, -0.2) is 26.8 Å². The lowest BCUT2D eigenvalue weighted by Crippen LogP contribution is -2.28. The van der Waals surface area contributed by atoms with Gasteiger partial charge in [-0.1, -0.05) is 72.8 Å². The number of amides is 1. The largest absolute Gasteiger partial charge is 0.497 e. The second-order valence-corrected chi connectivity index (χ2v) is 11.0. The van der Waals surface area contributed by atoms with Gasteiger partial charge in [0.15, 0.2) is 0 Å². The summed E-state index contributed by atoms with van der Waals surface area (Å²) in [7, 11) is 1.61. The van der Waals surface area contributed by atoms with Crippen molar-refractivity contribution in [3.8, 4) is 11.8 Å². The number of ether oxygens (including phenoxy) is 1. The van der Waals surface area contributed by atoms with Gasteiger partial charge in [-0.3, -0.25) is 19.1 Å². The van der Waals surface area contributed by atoms with E-state index in [9.17, 15) is 14.9 Å². The van der Waals surface area contributed by atoms with Crippen LogP contribution in [0.1, 0.15) is 41.2 Å². The molecule has 7 nitrogen and oxygen atoms in total. The summed E-state index contributed by atoms with van der Waals surface area (Å²) in [4.78, 5) is 28.7. The maximum absolute atomic E-state index is 13.5. The highest BCUT2D eigenvalue weighted by Crippen LogP contribution is 2.36. The van der Waals surface area contributed by atoms with Gasteiger partial charge in [0.1, 0.15) is 27.5 Å². The van der Waals surface area contributed by atoms with Crippen molar-refractivity contribution in [3.05, 3.63) is 96.6 Å². The number of hydrogen-bond donors (Lipinski definition) is 1. The van der Waals surface area contributed by atoms with Gasteiger partial charge in [-0.25, -0.2) is 0 Å². The average Bonchev–Trinajstić information content (AvgIpc) is 3.20. The van der Waals surface area contributed by atoms with Gasteiger partial charge in [0.2, 0.25) is 0 Å². The standard InChI is InChI=1S/C29H27ClN4O3S2/c1-4-13-33-26(32-16-19-9-11-21(37-3)12-10-19)22(18(2)23(15-31)27(33)35)14-25-28(36)34(29(38)39-25)17-20-7-5-6-8-24(20)30/h5-12,14,32H,4,13,16-17H2,1-3H3/b25-14+. The third-order valence-electron chi connectivity index (χ3n) is 6.38. The Kier molecular flexibility index (Phi) is 9.12.